The maximum absolute atomic E-state index is 12.9. The van der Waals surface area contributed by atoms with Crippen molar-refractivity contribution in [2.75, 3.05) is 18.1 Å². The van der Waals surface area contributed by atoms with E-state index in [-0.39, 0.29) is 5.91 Å². The van der Waals surface area contributed by atoms with Crippen molar-refractivity contribution < 1.29 is 18.0 Å². The Morgan fingerprint density at radius 3 is 2.55 bits per heavy atom. The number of amides is 1. The molecule has 0 aliphatic rings. The Labute approximate surface area is 170 Å². The predicted molar refractivity (Wildman–Crippen MR) is 110 cm³/mol. The first-order valence-corrected chi connectivity index (χ1v) is 10.2. The third-order valence-corrected chi connectivity index (χ3v) is 5.16. The molecule has 2 N–H and O–H groups in total. The number of alkyl halides is 3. The summed E-state index contributed by atoms with van der Waals surface area (Å²) in [4.78, 5) is 12.1. The van der Waals surface area contributed by atoms with Gasteiger partial charge in [0, 0.05) is 23.4 Å². The van der Waals surface area contributed by atoms with Gasteiger partial charge in [-0.15, -0.1) is 0 Å². The molecule has 0 radical (unpaired) electrons. The number of rotatable bonds is 7. The first-order chi connectivity index (χ1) is 13.9. The molecule has 152 valence electrons. The van der Waals surface area contributed by atoms with E-state index in [0.717, 1.165) is 29.2 Å². The lowest BCUT2D eigenvalue weighted by Crippen LogP contribution is -2.25. The molecule has 0 aliphatic carbocycles. The second kappa shape index (κ2) is 9.17. The summed E-state index contributed by atoms with van der Waals surface area (Å²) in [6.07, 6.45) is -4.40. The molecule has 29 heavy (non-hydrogen) atoms. The van der Waals surface area contributed by atoms with Crippen LogP contribution in [0.25, 0.3) is 22.5 Å². The summed E-state index contributed by atoms with van der Waals surface area (Å²) >= 11 is 1.76. The molecule has 2 aromatic carbocycles. The van der Waals surface area contributed by atoms with E-state index in [9.17, 15) is 18.0 Å². The Kier molecular flexibility index (Phi) is 6.64. The van der Waals surface area contributed by atoms with Crippen molar-refractivity contribution in [2.24, 2.45) is 0 Å². The fourth-order valence-corrected chi connectivity index (χ4v) is 3.29. The minimum absolute atomic E-state index is 0.137. The average molecular weight is 419 g/mol. The number of benzene rings is 2. The highest BCUT2D eigenvalue weighted by molar-refractivity contribution is 7.99. The van der Waals surface area contributed by atoms with Gasteiger partial charge in [0.2, 0.25) is 0 Å². The van der Waals surface area contributed by atoms with Gasteiger partial charge in [-0.2, -0.15) is 30.0 Å². The lowest BCUT2D eigenvalue weighted by molar-refractivity contribution is -0.137. The van der Waals surface area contributed by atoms with Crippen molar-refractivity contribution in [2.45, 2.75) is 13.1 Å². The third kappa shape index (κ3) is 5.41. The van der Waals surface area contributed by atoms with Crippen molar-refractivity contribution in [3.8, 4) is 22.5 Å². The van der Waals surface area contributed by atoms with Crippen molar-refractivity contribution in [1.29, 1.82) is 0 Å². The number of nitrogens with zero attached hydrogens (tertiary/aromatic N) is 1. The molecule has 0 bridgehead atoms. The fraction of sp³-hybridized carbons (Fsp3) is 0.238. The molecule has 3 aromatic rings. The van der Waals surface area contributed by atoms with Crippen LogP contribution in [0.2, 0.25) is 0 Å². The lowest BCUT2D eigenvalue weighted by Gasteiger charge is -2.07. The molecule has 0 unspecified atom stereocenters. The van der Waals surface area contributed by atoms with E-state index in [1.807, 2.05) is 0 Å². The van der Waals surface area contributed by atoms with Crippen molar-refractivity contribution in [1.82, 2.24) is 15.5 Å². The highest BCUT2D eigenvalue weighted by Crippen LogP contribution is 2.32. The van der Waals surface area contributed by atoms with Gasteiger partial charge in [0.05, 0.1) is 17.0 Å². The summed E-state index contributed by atoms with van der Waals surface area (Å²) in [5.41, 5.74) is 2.07. The Hall–Kier alpha value is -2.74. The Morgan fingerprint density at radius 2 is 1.86 bits per heavy atom. The number of thioether (sulfide) groups is 1. The maximum Gasteiger partial charge on any atom is 0.416 e. The molecule has 3 rings (SSSR count). The van der Waals surface area contributed by atoms with Gasteiger partial charge in [-0.05, 0) is 41.6 Å². The summed E-state index contributed by atoms with van der Waals surface area (Å²) in [5.74, 6) is 1.74. The van der Waals surface area contributed by atoms with Crippen LogP contribution >= 0.6 is 11.8 Å². The number of hydrogen-bond donors (Lipinski definition) is 2. The van der Waals surface area contributed by atoms with Gasteiger partial charge >= 0.3 is 6.18 Å². The number of aromatic amines is 1. The van der Waals surface area contributed by atoms with Crippen molar-refractivity contribution in [3.05, 3.63) is 65.7 Å². The van der Waals surface area contributed by atoms with Crippen LogP contribution in [-0.2, 0) is 6.18 Å². The van der Waals surface area contributed by atoms with Gasteiger partial charge in [0.25, 0.3) is 5.91 Å². The number of halogens is 3. The number of aromatic nitrogens is 2. The standard InChI is InChI=1S/C21H20F3N3OS/c1-2-29-11-10-25-20(28)15-8-6-14(7-9-15)18-13-19(27-26-18)16-4-3-5-17(12-16)21(22,23)24/h3-9,12-13H,2,10-11H2,1H3,(H,25,28)(H,26,27). The molecule has 4 nitrogen and oxygen atoms in total. The molecule has 1 amide bonds. The second-order valence-electron chi connectivity index (χ2n) is 6.28. The molecule has 0 spiro atoms. The maximum atomic E-state index is 12.9. The summed E-state index contributed by atoms with van der Waals surface area (Å²) in [7, 11) is 0. The van der Waals surface area contributed by atoms with E-state index < -0.39 is 11.7 Å². The zero-order valence-corrected chi connectivity index (χ0v) is 16.5. The minimum atomic E-state index is -4.40. The zero-order valence-electron chi connectivity index (χ0n) is 15.7. The molecule has 8 heteroatoms. The molecule has 1 aromatic heterocycles. The van der Waals surface area contributed by atoms with Gasteiger partial charge in [-0.1, -0.05) is 31.2 Å². The third-order valence-electron chi connectivity index (χ3n) is 4.26. The molecule has 0 saturated carbocycles. The number of H-pyrrole nitrogens is 1. The molecular weight excluding hydrogens is 399 g/mol. The number of hydrogen-bond acceptors (Lipinski definition) is 3. The Bertz CT molecular complexity index is 968. The average Bonchev–Trinajstić information content (AvgIpc) is 3.21. The number of nitrogens with one attached hydrogen (secondary N) is 2. The first-order valence-electron chi connectivity index (χ1n) is 9.08. The largest absolute Gasteiger partial charge is 0.416 e. The van der Waals surface area contributed by atoms with Crippen LogP contribution in [0.1, 0.15) is 22.8 Å². The lowest BCUT2D eigenvalue weighted by atomic mass is 10.1. The second-order valence-corrected chi connectivity index (χ2v) is 7.67. The molecular formula is C21H20F3N3OS. The van der Waals surface area contributed by atoms with E-state index in [2.05, 4.69) is 22.4 Å². The first kappa shape index (κ1) is 21.0. The molecule has 0 atom stereocenters. The van der Waals surface area contributed by atoms with Gasteiger partial charge in [0.15, 0.2) is 0 Å². The van der Waals surface area contributed by atoms with Crippen LogP contribution < -0.4 is 5.32 Å². The summed E-state index contributed by atoms with van der Waals surface area (Å²) in [5, 5.41) is 9.83. The summed E-state index contributed by atoms with van der Waals surface area (Å²) < 4.78 is 38.7. The Balaban J connectivity index is 1.72. The van der Waals surface area contributed by atoms with Crippen LogP contribution in [-0.4, -0.2) is 34.2 Å². The summed E-state index contributed by atoms with van der Waals surface area (Å²) in [6, 6.07) is 13.7. The van der Waals surface area contributed by atoms with Crippen LogP contribution in [0.15, 0.2) is 54.6 Å². The molecule has 0 aliphatic heterocycles. The van der Waals surface area contributed by atoms with Gasteiger partial charge in [0.1, 0.15) is 0 Å². The van der Waals surface area contributed by atoms with Gasteiger partial charge in [-0.25, -0.2) is 0 Å². The van der Waals surface area contributed by atoms with Gasteiger partial charge in [-0.3, -0.25) is 9.89 Å². The predicted octanol–water partition coefficient (Wildman–Crippen LogP) is 5.25. The quantitative estimate of drug-likeness (QED) is 0.515. The fourth-order valence-electron chi connectivity index (χ4n) is 2.76. The van der Waals surface area contributed by atoms with E-state index >= 15 is 0 Å². The normalized spacial score (nSPS) is 11.4. The molecule has 0 saturated heterocycles. The minimum Gasteiger partial charge on any atom is -0.351 e. The van der Waals surface area contributed by atoms with Crippen LogP contribution in [0.4, 0.5) is 13.2 Å². The van der Waals surface area contributed by atoms with E-state index in [4.69, 9.17) is 0 Å². The smallest absolute Gasteiger partial charge is 0.351 e. The van der Waals surface area contributed by atoms with Gasteiger partial charge < -0.3 is 5.32 Å². The molecule has 0 fully saturated rings. The highest BCUT2D eigenvalue weighted by Gasteiger charge is 2.30. The number of carbonyl (C=O) groups is 1. The monoisotopic (exact) mass is 419 g/mol. The van der Waals surface area contributed by atoms with Crippen LogP contribution in [0.5, 0.6) is 0 Å². The van der Waals surface area contributed by atoms with Crippen molar-refractivity contribution in [3.63, 3.8) is 0 Å². The zero-order chi connectivity index (χ0) is 20.9. The topological polar surface area (TPSA) is 57.8 Å². The van der Waals surface area contributed by atoms with Crippen LogP contribution in [0, 0.1) is 0 Å². The van der Waals surface area contributed by atoms with Crippen LogP contribution in [0.3, 0.4) is 0 Å². The Morgan fingerprint density at radius 1 is 1.10 bits per heavy atom. The number of carbonyl (C=O) groups excluding carboxylic acids is 1. The van der Waals surface area contributed by atoms with E-state index in [1.165, 1.54) is 6.07 Å². The van der Waals surface area contributed by atoms with E-state index in [0.29, 0.717) is 29.1 Å². The van der Waals surface area contributed by atoms with E-state index in [1.54, 1.807) is 48.2 Å². The highest BCUT2D eigenvalue weighted by atomic mass is 32.2. The molecule has 1 heterocycles. The SMILES string of the molecule is CCSCCNC(=O)c1ccc(-c2cc(-c3cccc(C(F)(F)F)c3)n[nH]2)cc1. The summed E-state index contributed by atoms with van der Waals surface area (Å²) in [6.45, 7) is 2.68. The van der Waals surface area contributed by atoms with Crippen molar-refractivity contribution >= 4 is 17.7 Å².